The number of aromatic hydroxyl groups is 1. The van der Waals surface area contributed by atoms with Crippen LogP contribution < -0.4 is 10.3 Å². The Morgan fingerprint density at radius 3 is 2.74 bits per heavy atom. The summed E-state index contributed by atoms with van der Waals surface area (Å²) in [5.74, 6) is -0.108. The van der Waals surface area contributed by atoms with Crippen molar-refractivity contribution in [2.75, 3.05) is 18.0 Å². The van der Waals surface area contributed by atoms with E-state index in [1.165, 1.54) is 19.3 Å². The molecule has 0 bridgehead atoms. The molecule has 1 aliphatic heterocycles. The van der Waals surface area contributed by atoms with Gasteiger partial charge in [0, 0.05) is 34.9 Å². The maximum atomic E-state index is 12.6. The van der Waals surface area contributed by atoms with Crippen LogP contribution in [0.5, 0.6) is 5.75 Å². The number of amides is 1. The number of nitrogens with one attached hydrogen (secondary N) is 1. The third-order valence-corrected chi connectivity index (χ3v) is 5.61. The van der Waals surface area contributed by atoms with Crippen LogP contribution >= 0.6 is 11.6 Å². The van der Waals surface area contributed by atoms with Gasteiger partial charge in [-0.25, -0.2) is 5.43 Å². The molecule has 1 aliphatic carbocycles. The summed E-state index contributed by atoms with van der Waals surface area (Å²) in [5.41, 5.74) is 6.48. The van der Waals surface area contributed by atoms with Crippen molar-refractivity contribution in [1.82, 2.24) is 5.43 Å². The molecule has 0 atom stereocenters. The predicted molar refractivity (Wildman–Crippen MR) is 108 cm³/mol. The minimum absolute atomic E-state index is 0.145. The first kappa shape index (κ1) is 17.9. The minimum Gasteiger partial charge on any atom is -0.507 e. The number of carbonyl (C=O) groups is 1. The first-order chi connectivity index (χ1) is 13.1. The number of rotatable bonds is 3. The molecule has 0 aromatic heterocycles. The van der Waals surface area contributed by atoms with Crippen LogP contribution in [0.2, 0.25) is 5.02 Å². The smallest absolute Gasteiger partial charge is 0.271 e. The first-order valence-electron chi connectivity index (χ1n) is 9.36. The van der Waals surface area contributed by atoms with Gasteiger partial charge in [-0.1, -0.05) is 17.7 Å². The van der Waals surface area contributed by atoms with Gasteiger partial charge >= 0.3 is 0 Å². The molecule has 0 radical (unpaired) electrons. The lowest BCUT2D eigenvalue weighted by molar-refractivity contribution is 0.0955. The molecule has 27 heavy (non-hydrogen) atoms. The lowest BCUT2D eigenvalue weighted by atomic mass is 10.1. The Labute approximate surface area is 163 Å². The van der Waals surface area contributed by atoms with Crippen molar-refractivity contribution < 1.29 is 9.90 Å². The van der Waals surface area contributed by atoms with Crippen molar-refractivity contribution in [3.8, 4) is 5.75 Å². The van der Waals surface area contributed by atoms with Crippen LogP contribution in [0.1, 0.15) is 47.2 Å². The van der Waals surface area contributed by atoms with Crippen LogP contribution in [-0.4, -0.2) is 29.8 Å². The van der Waals surface area contributed by atoms with Gasteiger partial charge in [0.05, 0.1) is 5.71 Å². The second-order valence-corrected chi connectivity index (χ2v) is 7.42. The van der Waals surface area contributed by atoms with Crippen LogP contribution in [0.4, 0.5) is 5.69 Å². The highest BCUT2D eigenvalue weighted by molar-refractivity contribution is 6.32. The van der Waals surface area contributed by atoms with Gasteiger partial charge in [0.15, 0.2) is 0 Å². The number of nitrogens with zero attached hydrogens (tertiary/aromatic N) is 2. The highest BCUT2D eigenvalue weighted by atomic mass is 35.5. The van der Waals surface area contributed by atoms with Gasteiger partial charge in [-0.05, 0) is 68.0 Å². The zero-order valence-corrected chi connectivity index (χ0v) is 15.8. The number of halogens is 1. The normalized spacial score (nSPS) is 17.8. The summed E-state index contributed by atoms with van der Waals surface area (Å²) < 4.78 is 0. The molecule has 0 unspecified atom stereocenters. The van der Waals surface area contributed by atoms with Gasteiger partial charge in [0.1, 0.15) is 5.75 Å². The monoisotopic (exact) mass is 383 g/mol. The number of benzene rings is 2. The highest BCUT2D eigenvalue weighted by Gasteiger charge is 2.24. The topological polar surface area (TPSA) is 64.9 Å². The fraction of sp³-hybridized carbons (Fsp3) is 0.333. The fourth-order valence-electron chi connectivity index (χ4n) is 3.84. The molecule has 0 saturated carbocycles. The standard InChI is InChI=1S/C21H22ClN3O2/c22-17-8-10-19(26)20-16(17)7-9-18(20)23-24-21(27)14-5-4-6-15(13-14)25-11-2-1-3-12-25/h4-6,8,10,13,26H,1-3,7,9,11-12H2,(H,24,27)/b23-18+. The number of hydrazone groups is 1. The second-order valence-electron chi connectivity index (χ2n) is 7.02. The van der Waals surface area contributed by atoms with Crippen molar-refractivity contribution in [2.45, 2.75) is 32.1 Å². The molecular weight excluding hydrogens is 362 g/mol. The number of phenols is 1. The van der Waals surface area contributed by atoms with Crippen molar-refractivity contribution >= 4 is 28.9 Å². The van der Waals surface area contributed by atoms with Gasteiger partial charge in [-0.15, -0.1) is 0 Å². The summed E-state index contributed by atoms with van der Waals surface area (Å²) in [6, 6.07) is 10.9. The molecule has 2 aromatic carbocycles. The average molecular weight is 384 g/mol. The van der Waals surface area contributed by atoms with Gasteiger partial charge in [-0.3, -0.25) is 4.79 Å². The van der Waals surface area contributed by atoms with E-state index < -0.39 is 0 Å². The molecule has 2 N–H and O–H groups in total. The summed E-state index contributed by atoms with van der Waals surface area (Å²) in [7, 11) is 0. The number of hydrogen-bond acceptors (Lipinski definition) is 4. The zero-order valence-electron chi connectivity index (χ0n) is 15.0. The molecule has 1 amide bonds. The summed E-state index contributed by atoms with van der Waals surface area (Å²) in [6.45, 7) is 2.06. The van der Waals surface area contributed by atoms with E-state index >= 15 is 0 Å². The van der Waals surface area contributed by atoms with Crippen molar-refractivity contribution in [1.29, 1.82) is 0 Å². The third-order valence-electron chi connectivity index (χ3n) is 5.26. The van der Waals surface area contributed by atoms with Crippen LogP contribution in [0.3, 0.4) is 0 Å². The molecule has 0 spiro atoms. The van der Waals surface area contributed by atoms with Crippen molar-refractivity contribution in [3.05, 3.63) is 58.1 Å². The van der Waals surface area contributed by atoms with Crippen molar-refractivity contribution in [2.24, 2.45) is 5.10 Å². The first-order valence-corrected chi connectivity index (χ1v) is 9.74. The number of anilines is 1. The maximum absolute atomic E-state index is 12.6. The summed E-state index contributed by atoms with van der Waals surface area (Å²) in [5, 5.41) is 15.0. The predicted octanol–water partition coefficient (Wildman–Crippen LogP) is 4.12. The minimum atomic E-state index is -0.253. The number of carbonyl (C=O) groups excluding carboxylic acids is 1. The van der Waals surface area contributed by atoms with Crippen molar-refractivity contribution in [3.63, 3.8) is 0 Å². The molecule has 1 heterocycles. The molecule has 2 aliphatic rings. The Bertz CT molecular complexity index is 904. The fourth-order valence-corrected chi connectivity index (χ4v) is 4.09. The Kier molecular flexibility index (Phi) is 5.03. The second kappa shape index (κ2) is 7.61. The van der Waals surface area contributed by atoms with E-state index in [9.17, 15) is 9.90 Å². The molecule has 2 aromatic rings. The Balaban J connectivity index is 1.51. The summed E-state index contributed by atoms with van der Waals surface area (Å²) in [4.78, 5) is 14.9. The van der Waals surface area contributed by atoms with Crippen LogP contribution in [0.15, 0.2) is 41.5 Å². The van der Waals surface area contributed by atoms with Crippen LogP contribution in [0, 0.1) is 0 Å². The third kappa shape index (κ3) is 3.65. The van der Waals surface area contributed by atoms with E-state index in [0.717, 1.165) is 24.3 Å². The Morgan fingerprint density at radius 1 is 1.11 bits per heavy atom. The van der Waals surface area contributed by atoms with E-state index in [-0.39, 0.29) is 11.7 Å². The van der Waals surface area contributed by atoms with Gasteiger partial charge in [-0.2, -0.15) is 5.10 Å². The Morgan fingerprint density at radius 2 is 1.93 bits per heavy atom. The lowest BCUT2D eigenvalue weighted by Gasteiger charge is -2.29. The van der Waals surface area contributed by atoms with Crippen LogP contribution in [0.25, 0.3) is 0 Å². The molecule has 5 nitrogen and oxygen atoms in total. The average Bonchev–Trinajstić information content (AvgIpc) is 3.15. The number of fused-ring (bicyclic) bond motifs is 1. The molecule has 1 saturated heterocycles. The number of hydrogen-bond donors (Lipinski definition) is 2. The SMILES string of the molecule is O=C(N/N=C1\CCc2c(Cl)ccc(O)c21)c1cccc(N2CCCCC2)c1. The van der Waals surface area contributed by atoms with Gasteiger partial charge in [0.2, 0.25) is 0 Å². The summed E-state index contributed by atoms with van der Waals surface area (Å²) >= 11 is 6.20. The van der Waals surface area contributed by atoms with Gasteiger partial charge in [0.25, 0.3) is 5.91 Å². The summed E-state index contributed by atoms with van der Waals surface area (Å²) in [6.07, 6.45) is 5.00. The quantitative estimate of drug-likeness (QED) is 0.784. The number of piperidine rings is 1. The number of phenolic OH excluding ortho intramolecular Hbond substituents is 1. The van der Waals surface area contributed by atoms with E-state index in [0.29, 0.717) is 34.7 Å². The molecule has 6 heteroatoms. The van der Waals surface area contributed by atoms with E-state index in [1.54, 1.807) is 18.2 Å². The van der Waals surface area contributed by atoms with Gasteiger partial charge < -0.3 is 10.0 Å². The maximum Gasteiger partial charge on any atom is 0.271 e. The van der Waals surface area contributed by atoms with E-state index in [1.807, 2.05) is 18.2 Å². The lowest BCUT2D eigenvalue weighted by Crippen LogP contribution is -2.29. The van der Waals surface area contributed by atoms with Crippen LogP contribution in [-0.2, 0) is 6.42 Å². The molecule has 1 fully saturated rings. The molecule has 140 valence electrons. The van der Waals surface area contributed by atoms with E-state index in [2.05, 4.69) is 15.4 Å². The Hall–Kier alpha value is -2.53. The zero-order chi connectivity index (χ0) is 18.8. The largest absolute Gasteiger partial charge is 0.507 e. The highest BCUT2D eigenvalue weighted by Crippen LogP contribution is 2.35. The molecule has 4 rings (SSSR count). The van der Waals surface area contributed by atoms with E-state index in [4.69, 9.17) is 11.6 Å². The molecular formula is C21H22ClN3O2.